The van der Waals surface area contributed by atoms with E-state index < -0.39 is 0 Å². The van der Waals surface area contributed by atoms with Gasteiger partial charge >= 0.3 is 0 Å². The van der Waals surface area contributed by atoms with Gasteiger partial charge in [-0.05, 0) is 18.7 Å². The average molecular weight is 408 g/mol. The smallest absolute Gasteiger partial charge is 0.226 e. The van der Waals surface area contributed by atoms with Crippen molar-refractivity contribution in [3.8, 4) is 10.6 Å². The number of pyridine rings is 1. The van der Waals surface area contributed by atoms with Crippen LogP contribution in [-0.2, 0) is 17.8 Å². The summed E-state index contributed by atoms with van der Waals surface area (Å²) in [6.07, 6.45) is 2.14. The maximum Gasteiger partial charge on any atom is 0.226 e. The first-order valence-corrected chi connectivity index (χ1v) is 10.7. The van der Waals surface area contributed by atoms with E-state index >= 15 is 0 Å². The van der Waals surface area contributed by atoms with Crippen LogP contribution in [0.3, 0.4) is 0 Å². The molecule has 0 unspecified atom stereocenters. The van der Waals surface area contributed by atoms with E-state index in [2.05, 4.69) is 32.1 Å². The minimum atomic E-state index is -0.0296. The van der Waals surface area contributed by atoms with Crippen LogP contribution in [0.15, 0.2) is 54.0 Å². The van der Waals surface area contributed by atoms with E-state index in [1.165, 1.54) is 0 Å². The van der Waals surface area contributed by atoms with Gasteiger partial charge in [-0.2, -0.15) is 0 Å². The highest BCUT2D eigenvalue weighted by Crippen LogP contribution is 2.23. The summed E-state index contributed by atoms with van der Waals surface area (Å²) in [4.78, 5) is 26.1. The van der Waals surface area contributed by atoms with Gasteiger partial charge in [-0.3, -0.25) is 4.79 Å². The molecule has 0 radical (unpaired) electrons. The lowest BCUT2D eigenvalue weighted by Crippen LogP contribution is -2.44. The molecule has 1 N–H and O–H groups in total. The van der Waals surface area contributed by atoms with Gasteiger partial charge in [-0.15, -0.1) is 11.3 Å². The number of likely N-dealkylation sites (N-methyl/N-ethyl adjacent to an activating group) is 1. The molecule has 0 bridgehead atoms. The topological polar surface area (TPSA) is 61.4 Å². The molecule has 1 aliphatic heterocycles. The summed E-state index contributed by atoms with van der Waals surface area (Å²) < 4.78 is 0. The molecule has 0 aliphatic carbocycles. The predicted molar refractivity (Wildman–Crippen MR) is 117 cm³/mol. The van der Waals surface area contributed by atoms with Crippen molar-refractivity contribution in [2.45, 2.75) is 13.0 Å². The molecule has 2 aromatic heterocycles. The lowest BCUT2D eigenvalue weighted by atomic mass is 10.2. The number of carbonyl (C=O) groups excluding carboxylic acids is 1. The molecule has 1 aliphatic rings. The van der Waals surface area contributed by atoms with Crippen LogP contribution in [0.25, 0.3) is 10.6 Å². The number of carbonyl (C=O) groups is 1. The Labute approximate surface area is 175 Å². The molecular formula is C22H25N5OS. The van der Waals surface area contributed by atoms with Crippen molar-refractivity contribution in [3.05, 3.63) is 65.3 Å². The zero-order valence-electron chi connectivity index (χ0n) is 16.5. The fourth-order valence-electron chi connectivity index (χ4n) is 3.27. The number of thiazole rings is 1. The number of aromatic nitrogens is 2. The molecule has 0 spiro atoms. The van der Waals surface area contributed by atoms with Gasteiger partial charge in [0.15, 0.2) is 0 Å². The summed E-state index contributed by atoms with van der Waals surface area (Å²) >= 11 is 1.57. The molecule has 29 heavy (non-hydrogen) atoms. The van der Waals surface area contributed by atoms with Crippen LogP contribution in [0.2, 0.25) is 0 Å². The molecule has 1 aromatic carbocycles. The molecule has 6 nitrogen and oxygen atoms in total. The van der Waals surface area contributed by atoms with Crippen molar-refractivity contribution in [1.82, 2.24) is 20.2 Å². The average Bonchev–Trinajstić information content (AvgIpc) is 3.22. The Hall–Kier alpha value is -2.77. The van der Waals surface area contributed by atoms with E-state index in [1.54, 1.807) is 11.3 Å². The minimum absolute atomic E-state index is 0.0296. The van der Waals surface area contributed by atoms with Gasteiger partial charge in [-0.25, -0.2) is 9.97 Å². The number of hydrogen-bond acceptors (Lipinski definition) is 6. The highest BCUT2D eigenvalue weighted by molar-refractivity contribution is 7.13. The summed E-state index contributed by atoms with van der Waals surface area (Å²) in [7, 11) is 2.14. The first-order valence-electron chi connectivity index (χ1n) is 9.82. The molecule has 7 heteroatoms. The Kier molecular flexibility index (Phi) is 6.17. The third kappa shape index (κ3) is 5.19. The number of benzene rings is 1. The predicted octanol–water partition coefficient (Wildman–Crippen LogP) is 2.82. The SMILES string of the molecule is CN1CCN(c2ccc(CNC(=O)Cc3csc(-c4ccccc4)n3)cn2)CC1. The fraction of sp³-hybridized carbons (Fsp3) is 0.318. The molecule has 0 saturated carbocycles. The molecule has 3 heterocycles. The second-order valence-electron chi connectivity index (χ2n) is 7.28. The van der Waals surface area contributed by atoms with Crippen molar-refractivity contribution in [3.63, 3.8) is 0 Å². The fourth-order valence-corrected chi connectivity index (χ4v) is 4.10. The van der Waals surface area contributed by atoms with E-state index in [-0.39, 0.29) is 12.3 Å². The molecular weight excluding hydrogens is 382 g/mol. The Morgan fingerprint density at radius 1 is 1.10 bits per heavy atom. The number of piperazine rings is 1. The summed E-state index contributed by atoms with van der Waals surface area (Å²) in [6.45, 7) is 4.59. The highest BCUT2D eigenvalue weighted by atomic mass is 32.1. The van der Waals surface area contributed by atoms with Gasteiger partial charge in [-0.1, -0.05) is 36.4 Å². The third-order valence-corrected chi connectivity index (χ3v) is 5.98. The van der Waals surface area contributed by atoms with Gasteiger partial charge in [0.05, 0.1) is 12.1 Å². The Balaban J connectivity index is 1.27. The van der Waals surface area contributed by atoms with Crippen molar-refractivity contribution < 1.29 is 4.79 Å². The lowest BCUT2D eigenvalue weighted by Gasteiger charge is -2.33. The Bertz CT molecular complexity index is 933. The van der Waals surface area contributed by atoms with Gasteiger partial charge in [0, 0.05) is 49.9 Å². The number of amides is 1. The van der Waals surface area contributed by atoms with Crippen LogP contribution in [0.4, 0.5) is 5.82 Å². The summed E-state index contributed by atoms with van der Waals surface area (Å²) in [5.74, 6) is 0.974. The van der Waals surface area contributed by atoms with Crippen LogP contribution < -0.4 is 10.2 Å². The number of hydrogen-bond donors (Lipinski definition) is 1. The van der Waals surface area contributed by atoms with E-state index in [1.807, 2.05) is 54.0 Å². The van der Waals surface area contributed by atoms with Crippen LogP contribution >= 0.6 is 11.3 Å². The van der Waals surface area contributed by atoms with Crippen molar-refractivity contribution in [1.29, 1.82) is 0 Å². The van der Waals surface area contributed by atoms with Crippen LogP contribution in [-0.4, -0.2) is 54.0 Å². The zero-order chi connectivity index (χ0) is 20.1. The zero-order valence-corrected chi connectivity index (χ0v) is 17.4. The number of nitrogens with one attached hydrogen (secondary N) is 1. The van der Waals surface area contributed by atoms with Crippen LogP contribution in [0.5, 0.6) is 0 Å². The first-order chi connectivity index (χ1) is 14.2. The Morgan fingerprint density at radius 2 is 1.90 bits per heavy atom. The molecule has 1 fully saturated rings. The molecule has 3 aromatic rings. The van der Waals surface area contributed by atoms with E-state index in [0.717, 1.165) is 53.8 Å². The first kappa shape index (κ1) is 19.5. The molecule has 150 valence electrons. The summed E-state index contributed by atoms with van der Waals surface area (Å²) in [5.41, 5.74) is 2.88. The second kappa shape index (κ2) is 9.15. The van der Waals surface area contributed by atoms with Gasteiger partial charge in [0.2, 0.25) is 5.91 Å². The van der Waals surface area contributed by atoms with E-state index in [9.17, 15) is 4.79 Å². The Morgan fingerprint density at radius 3 is 2.62 bits per heavy atom. The molecule has 0 atom stereocenters. The number of rotatable bonds is 6. The van der Waals surface area contributed by atoms with Gasteiger partial charge in [0.1, 0.15) is 10.8 Å². The van der Waals surface area contributed by atoms with Crippen molar-refractivity contribution >= 4 is 23.1 Å². The molecule has 4 rings (SSSR count). The highest BCUT2D eigenvalue weighted by Gasteiger charge is 2.15. The van der Waals surface area contributed by atoms with E-state index in [4.69, 9.17) is 0 Å². The third-order valence-electron chi connectivity index (χ3n) is 5.04. The second-order valence-corrected chi connectivity index (χ2v) is 8.14. The van der Waals surface area contributed by atoms with Crippen LogP contribution in [0, 0.1) is 0 Å². The van der Waals surface area contributed by atoms with Gasteiger partial charge in [0.25, 0.3) is 0 Å². The normalized spacial score (nSPS) is 14.7. The monoisotopic (exact) mass is 407 g/mol. The summed E-state index contributed by atoms with van der Waals surface area (Å²) in [6, 6.07) is 14.1. The summed E-state index contributed by atoms with van der Waals surface area (Å²) in [5, 5.41) is 5.86. The standard InChI is InChI=1S/C22H25N5OS/c1-26-9-11-27(12-10-26)20-8-7-17(14-23-20)15-24-21(28)13-19-16-29-22(25-19)18-5-3-2-4-6-18/h2-8,14,16H,9-13,15H2,1H3,(H,24,28). The molecule has 1 saturated heterocycles. The minimum Gasteiger partial charge on any atom is -0.354 e. The quantitative estimate of drug-likeness (QED) is 0.681. The van der Waals surface area contributed by atoms with Crippen molar-refractivity contribution in [2.75, 3.05) is 38.1 Å². The van der Waals surface area contributed by atoms with Gasteiger partial charge < -0.3 is 15.1 Å². The maximum absolute atomic E-state index is 12.3. The lowest BCUT2D eigenvalue weighted by molar-refractivity contribution is -0.120. The maximum atomic E-state index is 12.3. The largest absolute Gasteiger partial charge is 0.354 e. The number of anilines is 1. The number of nitrogens with zero attached hydrogens (tertiary/aromatic N) is 4. The van der Waals surface area contributed by atoms with Crippen molar-refractivity contribution in [2.24, 2.45) is 0 Å². The van der Waals surface area contributed by atoms with Crippen LogP contribution in [0.1, 0.15) is 11.3 Å². The van der Waals surface area contributed by atoms with E-state index in [0.29, 0.717) is 6.54 Å². The molecule has 1 amide bonds.